The van der Waals surface area contributed by atoms with Gasteiger partial charge in [0.2, 0.25) is 0 Å². The van der Waals surface area contributed by atoms with Crippen LogP contribution in [0.4, 0.5) is 5.95 Å². The predicted molar refractivity (Wildman–Crippen MR) is 98.5 cm³/mol. The molecule has 3 N–H and O–H groups in total. The fraction of sp³-hybridized carbons (Fsp3) is 0.550. The van der Waals surface area contributed by atoms with E-state index in [1.54, 1.807) is 0 Å². The van der Waals surface area contributed by atoms with Gasteiger partial charge >= 0.3 is 0 Å². The minimum Gasteiger partial charge on any atom is -0.369 e. The Kier molecular flexibility index (Phi) is 7.71. The van der Waals surface area contributed by atoms with Gasteiger partial charge in [-0.1, -0.05) is 62.9 Å². The molecule has 1 aromatic carbocycles. The number of imidazole rings is 1. The van der Waals surface area contributed by atoms with Gasteiger partial charge in [-0.2, -0.15) is 0 Å². The lowest BCUT2D eigenvalue weighted by atomic mass is 10.0. The van der Waals surface area contributed by atoms with Crippen molar-refractivity contribution in [3.8, 4) is 0 Å². The molecule has 0 amide bonds. The molecule has 3 nitrogen and oxygen atoms in total. The second kappa shape index (κ2) is 10.1. The van der Waals surface area contributed by atoms with Gasteiger partial charge in [0.1, 0.15) is 0 Å². The Hall–Kier alpha value is -1.77. The second-order valence-corrected chi connectivity index (χ2v) is 6.40. The molecule has 0 saturated heterocycles. The number of aryl methyl sites for hydroxylation is 3. The number of nitrogen functional groups attached to an aromatic ring is 1. The Bertz CT molecular complexity index is 545. The van der Waals surface area contributed by atoms with Crippen molar-refractivity contribution in [3.05, 3.63) is 47.3 Å². The first-order valence-electron chi connectivity index (χ1n) is 9.16. The number of H-pyrrole nitrogens is 1. The third-order valence-corrected chi connectivity index (χ3v) is 4.38. The van der Waals surface area contributed by atoms with Crippen molar-refractivity contribution in [3.63, 3.8) is 0 Å². The molecule has 0 unspecified atom stereocenters. The number of unbranched alkanes of at least 4 members (excludes halogenated alkanes) is 5. The van der Waals surface area contributed by atoms with E-state index in [0.717, 1.165) is 12.8 Å². The molecule has 0 aliphatic rings. The Balaban J connectivity index is 1.64. The molecule has 0 aliphatic carbocycles. The van der Waals surface area contributed by atoms with Crippen LogP contribution >= 0.6 is 0 Å². The number of aromatic nitrogens is 2. The molecule has 1 heterocycles. The molecular weight excluding hydrogens is 282 g/mol. The molecule has 0 bridgehead atoms. The summed E-state index contributed by atoms with van der Waals surface area (Å²) >= 11 is 0. The van der Waals surface area contributed by atoms with Gasteiger partial charge in [0.15, 0.2) is 5.95 Å². The van der Waals surface area contributed by atoms with Crippen LogP contribution in [-0.4, -0.2) is 9.97 Å². The van der Waals surface area contributed by atoms with Crippen LogP contribution in [0, 0.1) is 0 Å². The zero-order chi connectivity index (χ0) is 16.3. The van der Waals surface area contributed by atoms with E-state index in [9.17, 15) is 0 Å². The van der Waals surface area contributed by atoms with Crippen molar-refractivity contribution < 1.29 is 0 Å². The van der Waals surface area contributed by atoms with Crippen molar-refractivity contribution in [2.24, 2.45) is 0 Å². The number of hydrogen-bond acceptors (Lipinski definition) is 2. The number of nitrogens with two attached hydrogens (primary N) is 1. The number of rotatable bonds is 11. The average molecular weight is 313 g/mol. The molecule has 2 rings (SSSR count). The van der Waals surface area contributed by atoms with Crippen molar-refractivity contribution in [2.75, 3.05) is 5.73 Å². The van der Waals surface area contributed by atoms with E-state index in [-0.39, 0.29) is 0 Å². The number of hydrogen-bond donors (Lipinski definition) is 2. The maximum atomic E-state index is 5.83. The normalized spacial score (nSPS) is 11.0. The second-order valence-electron chi connectivity index (χ2n) is 6.40. The molecule has 2 aromatic rings. The van der Waals surface area contributed by atoms with Crippen LogP contribution in [0.3, 0.4) is 0 Å². The Morgan fingerprint density at radius 1 is 0.870 bits per heavy atom. The molecule has 1 aromatic heterocycles. The zero-order valence-corrected chi connectivity index (χ0v) is 14.5. The van der Waals surface area contributed by atoms with E-state index in [4.69, 9.17) is 5.73 Å². The number of aromatic amines is 1. The lowest BCUT2D eigenvalue weighted by Gasteiger charge is -2.04. The first-order chi connectivity index (χ1) is 11.3. The molecule has 0 aliphatic heterocycles. The van der Waals surface area contributed by atoms with Crippen LogP contribution in [0.25, 0.3) is 0 Å². The third-order valence-electron chi connectivity index (χ3n) is 4.38. The molecule has 126 valence electrons. The number of anilines is 1. The van der Waals surface area contributed by atoms with E-state index in [2.05, 4.69) is 47.2 Å². The molecule has 0 fully saturated rings. The van der Waals surface area contributed by atoms with Gasteiger partial charge in [-0.25, -0.2) is 4.98 Å². The first kappa shape index (κ1) is 17.6. The fourth-order valence-corrected chi connectivity index (χ4v) is 3.05. The standard InChI is InChI=1S/C20H31N3/c1-2-3-7-15-18-19(23-20(21)22-18)16-11-5-4-8-12-17-13-9-6-10-14-17/h6,9-10,13-14H,2-5,7-8,11-12,15-16H2,1H3,(H3,21,22,23). The summed E-state index contributed by atoms with van der Waals surface area (Å²) in [7, 11) is 0. The van der Waals surface area contributed by atoms with Gasteiger partial charge in [0.05, 0.1) is 5.69 Å². The molecule has 0 atom stereocenters. The molecular formula is C20H31N3. The molecule has 0 spiro atoms. The van der Waals surface area contributed by atoms with E-state index >= 15 is 0 Å². The van der Waals surface area contributed by atoms with Crippen LogP contribution in [0.15, 0.2) is 30.3 Å². The summed E-state index contributed by atoms with van der Waals surface area (Å²) in [6, 6.07) is 10.8. The average Bonchev–Trinajstić information content (AvgIpc) is 2.92. The smallest absolute Gasteiger partial charge is 0.197 e. The Labute approximate surface area is 140 Å². The summed E-state index contributed by atoms with van der Waals surface area (Å²) in [6.07, 6.45) is 12.1. The Morgan fingerprint density at radius 3 is 2.30 bits per heavy atom. The maximum Gasteiger partial charge on any atom is 0.197 e. The lowest BCUT2D eigenvalue weighted by molar-refractivity contribution is 0.632. The highest BCUT2D eigenvalue weighted by Crippen LogP contribution is 2.16. The van der Waals surface area contributed by atoms with E-state index in [1.165, 1.54) is 68.3 Å². The van der Waals surface area contributed by atoms with Crippen LogP contribution in [-0.2, 0) is 19.3 Å². The van der Waals surface area contributed by atoms with Gasteiger partial charge in [0.25, 0.3) is 0 Å². The number of nitrogens with zero attached hydrogens (tertiary/aromatic N) is 1. The number of benzene rings is 1. The SMILES string of the molecule is CCCCCc1[nH]c(N)nc1CCCCCCc1ccccc1. The minimum atomic E-state index is 0.579. The highest BCUT2D eigenvalue weighted by Gasteiger charge is 2.08. The Morgan fingerprint density at radius 2 is 1.57 bits per heavy atom. The first-order valence-corrected chi connectivity index (χ1v) is 9.16. The van der Waals surface area contributed by atoms with Crippen LogP contribution in [0.5, 0.6) is 0 Å². The topological polar surface area (TPSA) is 54.7 Å². The molecule has 3 heteroatoms. The highest BCUT2D eigenvalue weighted by molar-refractivity contribution is 5.26. The monoisotopic (exact) mass is 313 g/mol. The molecule has 0 saturated carbocycles. The molecule has 23 heavy (non-hydrogen) atoms. The summed E-state index contributed by atoms with van der Waals surface area (Å²) in [5, 5.41) is 0. The zero-order valence-electron chi connectivity index (χ0n) is 14.5. The van der Waals surface area contributed by atoms with Gasteiger partial charge in [-0.15, -0.1) is 0 Å². The van der Waals surface area contributed by atoms with Crippen molar-refractivity contribution in [1.82, 2.24) is 9.97 Å². The maximum absolute atomic E-state index is 5.83. The summed E-state index contributed by atoms with van der Waals surface area (Å²) in [4.78, 5) is 7.72. The largest absolute Gasteiger partial charge is 0.369 e. The van der Waals surface area contributed by atoms with E-state index in [1.807, 2.05) is 0 Å². The van der Waals surface area contributed by atoms with Crippen LogP contribution in [0.2, 0.25) is 0 Å². The summed E-state index contributed by atoms with van der Waals surface area (Å²) in [6.45, 7) is 2.23. The van der Waals surface area contributed by atoms with Crippen molar-refractivity contribution in [2.45, 2.75) is 71.1 Å². The van der Waals surface area contributed by atoms with Crippen LogP contribution < -0.4 is 5.73 Å². The minimum absolute atomic E-state index is 0.579. The van der Waals surface area contributed by atoms with Gasteiger partial charge < -0.3 is 10.7 Å². The summed E-state index contributed by atoms with van der Waals surface area (Å²) in [5.74, 6) is 0.579. The summed E-state index contributed by atoms with van der Waals surface area (Å²) < 4.78 is 0. The van der Waals surface area contributed by atoms with Crippen molar-refractivity contribution in [1.29, 1.82) is 0 Å². The van der Waals surface area contributed by atoms with Gasteiger partial charge in [0, 0.05) is 5.69 Å². The van der Waals surface area contributed by atoms with Gasteiger partial charge in [-0.05, 0) is 44.1 Å². The highest BCUT2D eigenvalue weighted by atomic mass is 15.0. The quantitative estimate of drug-likeness (QED) is 0.569. The van der Waals surface area contributed by atoms with E-state index in [0.29, 0.717) is 5.95 Å². The van der Waals surface area contributed by atoms with Crippen molar-refractivity contribution >= 4 is 5.95 Å². The predicted octanol–water partition coefficient (Wildman–Crippen LogP) is 5.07. The number of nitrogens with one attached hydrogen (secondary N) is 1. The van der Waals surface area contributed by atoms with Gasteiger partial charge in [-0.3, -0.25) is 0 Å². The van der Waals surface area contributed by atoms with Crippen LogP contribution in [0.1, 0.15) is 68.8 Å². The van der Waals surface area contributed by atoms with E-state index < -0.39 is 0 Å². The third kappa shape index (κ3) is 6.47. The lowest BCUT2D eigenvalue weighted by Crippen LogP contribution is -1.95. The summed E-state index contributed by atoms with van der Waals surface area (Å²) in [5.41, 5.74) is 9.74. The molecule has 0 radical (unpaired) electrons. The fourth-order valence-electron chi connectivity index (χ4n) is 3.05.